The van der Waals surface area contributed by atoms with Crippen LogP contribution in [-0.2, 0) is 16.0 Å². The Morgan fingerprint density at radius 2 is 2.00 bits per heavy atom. The number of rotatable bonds is 4. The van der Waals surface area contributed by atoms with Crippen molar-refractivity contribution in [3.63, 3.8) is 0 Å². The van der Waals surface area contributed by atoms with Crippen molar-refractivity contribution in [3.8, 4) is 0 Å². The number of ether oxygens (including phenoxy) is 1. The van der Waals surface area contributed by atoms with Crippen molar-refractivity contribution < 1.29 is 9.53 Å². The fourth-order valence-corrected chi connectivity index (χ4v) is 2.10. The largest absolute Gasteiger partial charge is 0.378 e. The highest BCUT2D eigenvalue weighted by molar-refractivity contribution is 5.82. The summed E-state index contributed by atoms with van der Waals surface area (Å²) in [7, 11) is 3.67. The predicted molar refractivity (Wildman–Crippen MR) is 69.8 cm³/mol. The van der Waals surface area contributed by atoms with Gasteiger partial charge in [-0.15, -0.1) is 0 Å². The molecule has 1 saturated heterocycles. The second-order valence-corrected chi connectivity index (χ2v) is 4.38. The number of benzene rings is 1. The molecule has 0 aliphatic carbocycles. The van der Waals surface area contributed by atoms with Crippen LogP contribution in [0.4, 0.5) is 0 Å². The topological polar surface area (TPSA) is 41.6 Å². The molecule has 0 saturated carbocycles. The van der Waals surface area contributed by atoms with Crippen LogP contribution in [0.5, 0.6) is 0 Å². The Hall–Kier alpha value is -1.39. The molecule has 1 radical (unpaired) electrons. The second-order valence-electron chi connectivity index (χ2n) is 4.38. The van der Waals surface area contributed by atoms with Crippen molar-refractivity contribution in [3.05, 3.63) is 42.9 Å². The standard InChI is InChI=1S/C14H19N2O2/c1-15-13(11-12-5-3-2-4-6-12)14(17)16-7-9-18-10-8-16/h2-6,13,15H,1,7-11H2/t13-/m0/s1. The fourth-order valence-electron chi connectivity index (χ4n) is 2.10. The van der Waals surface area contributed by atoms with Gasteiger partial charge in [-0.3, -0.25) is 4.79 Å². The van der Waals surface area contributed by atoms with E-state index in [4.69, 9.17) is 4.74 Å². The summed E-state index contributed by atoms with van der Waals surface area (Å²) in [4.78, 5) is 14.1. The highest BCUT2D eigenvalue weighted by Crippen LogP contribution is 2.07. The molecular weight excluding hydrogens is 228 g/mol. The molecule has 1 fully saturated rings. The van der Waals surface area contributed by atoms with Crippen molar-refractivity contribution >= 4 is 5.91 Å². The first-order valence-corrected chi connectivity index (χ1v) is 6.24. The molecule has 0 unspecified atom stereocenters. The van der Waals surface area contributed by atoms with E-state index < -0.39 is 0 Å². The van der Waals surface area contributed by atoms with Crippen LogP contribution >= 0.6 is 0 Å². The minimum absolute atomic E-state index is 0.108. The summed E-state index contributed by atoms with van der Waals surface area (Å²) in [6.45, 7) is 2.60. The van der Waals surface area contributed by atoms with Crippen LogP contribution in [0.1, 0.15) is 5.56 Å². The highest BCUT2D eigenvalue weighted by Gasteiger charge is 2.24. The summed E-state index contributed by atoms with van der Waals surface area (Å²) >= 11 is 0. The zero-order chi connectivity index (χ0) is 12.8. The molecule has 0 bridgehead atoms. The minimum Gasteiger partial charge on any atom is -0.378 e. The molecule has 1 amide bonds. The van der Waals surface area contributed by atoms with E-state index in [9.17, 15) is 4.79 Å². The maximum atomic E-state index is 12.3. The molecule has 1 N–H and O–H groups in total. The van der Waals surface area contributed by atoms with E-state index in [0.717, 1.165) is 5.56 Å². The first-order valence-electron chi connectivity index (χ1n) is 6.24. The zero-order valence-corrected chi connectivity index (χ0v) is 10.5. The Kier molecular flexibility index (Phi) is 4.73. The maximum absolute atomic E-state index is 12.3. The Labute approximate surface area is 108 Å². The number of amides is 1. The molecular formula is C14H19N2O2. The molecule has 0 spiro atoms. The van der Waals surface area contributed by atoms with Crippen LogP contribution in [0.15, 0.2) is 30.3 Å². The van der Waals surface area contributed by atoms with Crippen molar-refractivity contribution in [1.29, 1.82) is 0 Å². The lowest BCUT2D eigenvalue weighted by Crippen LogP contribution is -2.50. The first-order chi connectivity index (χ1) is 8.81. The number of nitrogens with one attached hydrogen (secondary N) is 1. The average molecular weight is 247 g/mol. The quantitative estimate of drug-likeness (QED) is 0.857. The Morgan fingerprint density at radius 3 is 2.61 bits per heavy atom. The molecule has 1 aromatic rings. The van der Waals surface area contributed by atoms with Crippen LogP contribution in [0.2, 0.25) is 0 Å². The summed E-state index contributed by atoms with van der Waals surface area (Å²) in [5.74, 6) is 0.108. The smallest absolute Gasteiger partial charge is 0.240 e. The fraction of sp³-hybridized carbons (Fsp3) is 0.429. The van der Waals surface area contributed by atoms with E-state index in [2.05, 4.69) is 12.4 Å². The Morgan fingerprint density at radius 1 is 1.33 bits per heavy atom. The lowest BCUT2D eigenvalue weighted by Gasteiger charge is -2.30. The SMILES string of the molecule is [CH2]N[C@@H](Cc1ccccc1)C(=O)N1CCOCC1. The Bertz CT molecular complexity index is 375. The van der Waals surface area contributed by atoms with Gasteiger partial charge in [0.1, 0.15) is 0 Å². The van der Waals surface area contributed by atoms with Gasteiger partial charge in [0.2, 0.25) is 5.91 Å². The zero-order valence-electron chi connectivity index (χ0n) is 10.5. The molecule has 1 atom stereocenters. The molecule has 1 heterocycles. The van der Waals surface area contributed by atoms with Gasteiger partial charge in [0.05, 0.1) is 19.3 Å². The molecule has 4 heteroatoms. The van der Waals surface area contributed by atoms with Gasteiger partial charge < -0.3 is 15.0 Å². The van der Waals surface area contributed by atoms with Crippen molar-refractivity contribution in [2.24, 2.45) is 0 Å². The summed E-state index contributed by atoms with van der Waals surface area (Å²) in [6, 6.07) is 9.72. The van der Waals surface area contributed by atoms with Gasteiger partial charge >= 0.3 is 0 Å². The van der Waals surface area contributed by atoms with Crippen molar-refractivity contribution in [2.75, 3.05) is 26.3 Å². The van der Waals surface area contributed by atoms with E-state index in [1.165, 1.54) is 0 Å². The first kappa shape index (κ1) is 13.1. The lowest BCUT2D eigenvalue weighted by atomic mass is 10.0. The third-order valence-electron chi connectivity index (χ3n) is 3.15. The molecule has 0 aromatic heterocycles. The van der Waals surface area contributed by atoms with Crippen LogP contribution in [0.3, 0.4) is 0 Å². The minimum atomic E-state index is -0.259. The number of carbonyl (C=O) groups excluding carboxylic acids is 1. The lowest BCUT2D eigenvalue weighted by molar-refractivity contribution is -0.137. The molecule has 18 heavy (non-hydrogen) atoms. The van der Waals surface area contributed by atoms with Gasteiger partial charge in [-0.25, -0.2) is 0 Å². The van der Waals surface area contributed by atoms with Crippen LogP contribution in [0, 0.1) is 7.05 Å². The van der Waals surface area contributed by atoms with E-state index in [1.54, 1.807) is 0 Å². The summed E-state index contributed by atoms with van der Waals surface area (Å²) < 4.78 is 5.25. The number of hydrogen-bond acceptors (Lipinski definition) is 3. The molecule has 4 nitrogen and oxygen atoms in total. The van der Waals surface area contributed by atoms with Crippen LogP contribution in [0.25, 0.3) is 0 Å². The van der Waals surface area contributed by atoms with E-state index in [0.29, 0.717) is 32.7 Å². The van der Waals surface area contributed by atoms with Crippen molar-refractivity contribution in [1.82, 2.24) is 10.2 Å². The third-order valence-corrected chi connectivity index (χ3v) is 3.15. The van der Waals surface area contributed by atoms with Crippen molar-refractivity contribution in [2.45, 2.75) is 12.5 Å². The molecule has 97 valence electrons. The van der Waals surface area contributed by atoms with Gasteiger partial charge in [-0.05, 0) is 12.0 Å². The number of nitrogens with zero attached hydrogens (tertiary/aromatic N) is 1. The summed E-state index contributed by atoms with van der Waals surface area (Å²) in [6.07, 6.45) is 0.667. The van der Waals surface area contributed by atoms with E-state index >= 15 is 0 Å². The normalized spacial score (nSPS) is 17.5. The van der Waals surface area contributed by atoms with E-state index in [1.807, 2.05) is 35.2 Å². The molecule has 2 rings (SSSR count). The van der Waals surface area contributed by atoms with Gasteiger partial charge in [0.25, 0.3) is 0 Å². The molecule has 1 aromatic carbocycles. The van der Waals surface area contributed by atoms with E-state index in [-0.39, 0.29) is 11.9 Å². The van der Waals surface area contributed by atoms with Gasteiger partial charge in [-0.1, -0.05) is 30.3 Å². The Balaban J connectivity index is 1.97. The summed E-state index contributed by atoms with van der Waals surface area (Å²) in [5, 5.41) is 2.87. The number of morpholine rings is 1. The predicted octanol–water partition coefficient (Wildman–Crippen LogP) is 0.838. The average Bonchev–Trinajstić information content (AvgIpc) is 2.46. The maximum Gasteiger partial charge on any atom is 0.240 e. The third kappa shape index (κ3) is 3.31. The molecule has 1 aliphatic rings. The van der Waals surface area contributed by atoms with Gasteiger partial charge in [-0.2, -0.15) is 0 Å². The van der Waals surface area contributed by atoms with Gasteiger partial charge in [0, 0.05) is 20.1 Å². The number of hydrogen-bond donors (Lipinski definition) is 1. The van der Waals surface area contributed by atoms with Gasteiger partial charge in [0.15, 0.2) is 0 Å². The van der Waals surface area contributed by atoms with Crippen LogP contribution in [-0.4, -0.2) is 43.2 Å². The highest BCUT2D eigenvalue weighted by atomic mass is 16.5. The monoisotopic (exact) mass is 247 g/mol. The van der Waals surface area contributed by atoms with Crippen LogP contribution < -0.4 is 5.32 Å². The second kappa shape index (κ2) is 6.52. The number of carbonyl (C=O) groups is 1. The molecule has 1 aliphatic heterocycles. The summed E-state index contributed by atoms with van der Waals surface area (Å²) in [5.41, 5.74) is 1.14.